The molecule has 2 fully saturated rings. The highest BCUT2D eigenvalue weighted by Crippen LogP contribution is 2.43. The van der Waals surface area contributed by atoms with E-state index < -0.39 is 24.4 Å². The number of alkyl halides is 3. The zero-order chi connectivity index (χ0) is 11.3. The zero-order valence-corrected chi connectivity index (χ0v) is 8.40. The van der Waals surface area contributed by atoms with E-state index >= 15 is 0 Å². The Morgan fingerprint density at radius 1 is 1.53 bits per heavy atom. The monoisotopic (exact) mass is 222 g/mol. The molecule has 0 aromatic carbocycles. The van der Waals surface area contributed by atoms with E-state index in [9.17, 15) is 18.0 Å². The fraction of sp³-hybridized carbons (Fsp3) is 0.889. The topological polar surface area (TPSA) is 32.3 Å². The maximum absolute atomic E-state index is 12.2. The van der Waals surface area contributed by atoms with E-state index in [1.165, 1.54) is 0 Å². The lowest BCUT2D eigenvalue weighted by molar-refractivity contribution is -0.161. The third-order valence-electron chi connectivity index (χ3n) is 2.98. The summed E-state index contributed by atoms with van der Waals surface area (Å²) in [6.45, 7) is 0.634. The standard InChI is InChI=1S/C9H13F3N2O/c1-2-6-13-8(3-4-8)7(15)14(6)5-9(10,11)12/h6,13H,2-5H2,1H3. The molecule has 2 rings (SSSR count). The van der Waals surface area contributed by atoms with E-state index in [0.29, 0.717) is 19.3 Å². The van der Waals surface area contributed by atoms with Crippen molar-refractivity contribution in [2.45, 2.75) is 44.1 Å². The minimum absolute atomic E-state index is 0.383. The van der Waals surface area contributed by atoms with Crippen molar-refractivity contribution in [3.63, 3.8) is 0 Å². The molecule has 6 heteroatoms. The van der Waals surface area contributed by atoms with Crippen molar-refractivity contribution in [3.8, 4) is 0 Å². The summed E-state index contributed by atoms with van der Waals surface area (Å²) >= 11 is 0. The third kappa shape index (κ3) is 1.82. The van der Waals surface area contributed by atoms with Crippen LogP contribution in [0.3, 0.4) is 0 Å². The molecule has 1 aliphatic heterocycles. The summed E-state index contributed by atoms with van der Waals surface area (Å²) in [4.78, 5) is 12.6. The van der Waals surface area contributed by atoms with Gasteiger partial charge in [0.05, 0.1) is 11.7 Å². The Bertz CT molecular complexity index is 286. The number of rotatable bonds is 2. The van der Waals surface area contributed by atoms with Crippen LogP contribution in [0, 0.1) is 0 Å². The Kier molecular flexibility index (Phi) is 2.22. The van der Waals surface area contributed by atoms with Crippen LogP contribution in [0.4, 0.5) is 13.2 Å². The number of amides is 1. The summed E-state index contributed by atoms with van der Waals surface area (Å²) in [6, 6.07) is 0. The lowest BCUT2D eigenvalue weighted by Crippen LogP contribution is -2.42. The number of hydrogen-bond acceptors (Lipinski definition) is 2. The van der Waals surface area contributed by atoms with Gasteiger partial charge in [0.15, 0.2) is 0 Å². The first-order chi connectivity index (χ1) is 6.88. The normalized spacial score (nSPS) is 28.9. The summed E-state index contributed by atoms with van der Waals surface area (Å²) in [5.74, 6) is -0.383. The fourth-order valence-corrected chi connectivity index (χ4v) is 2.06. The number of carbonyl (C=O) groups excluding carboxylic acids is 1. The summed E-state index contributed by atoms with van der Waals surface area (Å²) in [5.41, 5.74) is -0.647. The molecule has 1 unspecified atom stereocenters. The largest absolute Gasteiger partial charge is 0.406 e. The van der Waals surface area contributed by atoms with Crippen molar-refractivity contribution in [1.82, 2.24) is 10.2 Å². The third-order valence-corrected chi connectivity index (χ3v) is 2.98. The predicted molar refractivity (Wildman–Crippen MR) is 46.9 cm³/mol. The Labute approximate surface area is 85.6 Å². The average Bonchev–Trinajstić information content (AvgIpc) is 2.84. The van der Waals surface area contributed by atoms with Crippen LogP contribution in [0.15, 0.2) is 0 Å². The molecule has 3 nitrogen and oxygen atoms in total. The fourth-order valence-electron chi connectivity index (χ4n) is 2.06. The molecule has 1 aliphatic carbocycles. The van der Waals surface area contributed by atoms with Gasteiger partial charge in [-0.05, 0) is 19.3 Å². The van der Waals surface area contributed by atoms with Crippen molar-refractivity contribution in [2.24, 2.45) is 0 Å². The summed E-state index contributed by atoms with van der Waals surface area (Å²) in [7, 11) is 0. The SMILES string of the molecule is CCC1NC2(CC2)C(=O)N1CC(F)(F)F. The first-order valence-electron chi connectivity index (χ1n) is 5.03. The second kappa shape index (κ2) is 3.10. The molecule has 15 heavy (non-hydrogen) atoms. The molecule has 1 spiro atoms. The van der Waals surface area contributed by atoms with Gasteiger partial charge in [-0.25, -0.2) is 0 Å². The lowest BCUT2D eigenvalue weighted by atomic mass is 10.3. The van der Waals surface area contributed by atoms with Crippen LogP contribution in [0.25, 0.3) is 0 Å². The van der Waals surface area contributed by atoms with Crippen molar-refractivity contribution < 1.29 is 18.0 Å². The number of nitrogens with zero attached hydrogens (tertiary/aromatic N) is 1. The first-order valence-corrected chi connectivity index (χ1v) is 5.03. The highest BCUT2D eigenvalue weighted by atomic mass is 19.4. The van der Waals surface area contributed by atoms with Gasteiger partial charge < -0.3 is 4.90 Å². The predicted octanol–water partition coefficient (Wildman–Crippen LogP) is 1.25. The van der Waals surface area contributed by atoms with Gasteiger partial charge in [-0.15, -0.1) is 0 Å². The summed E-state index contributed by atoms with van der Waals surface area (Å²) in [6.07, 6.45) is -2.94. The Hall–Kier alpha value is -0.780. The first kappa shape index (κ1) is 10.7. The van der Waals surface area contributed by atoms with E-state index in [0.717, 1.165) is 4.90 Å². The Morgan fingerprint density at radius 3 is 2.53 bits per heavy atom. The Morgan fingerprint density at radius 2 is 2.13 bits per heavy atom. The van der Waals surface area contributed by atoms with Crippen molar-refractivity contribution in [1.29, 1.82) is 0 Å². The second-order valence-electron chi connectivity index (χ2n) is 4.20. The quantitative estimate of drug-likeness (QED) is 0.762. The van der Waals surface area contributed by atoms with Crippen LogP contribution in [0.2, 0.25) is 0 Å². The van der Waals surface area contributed by atoms with Gasteiger partial charge in [-0.1, -0.05) is 6.92 Å². The molecule has 1 heterocycles. The average molecular weight is 222 g/mol. The van der Waals surface area contributed by atoms with Gasteiger partial charge in [0.25, 0.3) is 0 Å². The summed E-state index contributed by atoms with van der Waals surface area (Å²) < 4.78 is 36.7. The molecule has 0 aromatic rings. The van der Waals surface area contributed by atoms with Crippen molar-refractivity contribution in [2.75, 3.05) is 6.54 Å². The van der Waals surface area contributed by atoms with Gasteiger partial charge >= 0.3 is 6.18 Å². The molecular weight excluding hydrogens is 209 g/mol. The molecule has 0 bridgehead atoms. The molecule has 1 saturated heterocycles. The minimum atomic E-state index is -4.31. The Balaban J connectivity index is 2.11. The van der Waals surface area contributed by atoms with Crippen LogP contribution in [-0.2, 0) is 4.79 Å². The number of halogens is 3. The molecule has 0 aromatic heterocycles. The molecular formula is C9H13F3N2O. The maximum Gasteiger partial charge on any atom is 0.406 e. The molecule has 2 aliphatic rings. The van der Waals surface area contributed by atoms with Crippen LogP contribution < -0.4 is 5.32 Å². The van der Waals surface area contributed by atoms with Gasteiger partial charge in [0.2, 0.25) is 5.91 Å². The number of hydrogen-bond donors (Lipinski definition) is 1. The van der Waals surface area contributed by atoms with Gasteiger partial charge in [0, 0.05) is 0 Å². The van der Waals surface area contributed by atoms with E-state index in [-0.39, 0.29) is 5.91 Å². The van der Waals surface area contributed by atoms with Crippen LogP contribution in [0.1, 0.15) is 26.2 Å². The second-order valence-corrected chi connectivity index (χ2v) is 4.20. The van der Waals surface area contributed by atoms with Gasteiger partial charge in [0.1, 0.15) is 6.54 Å². The summed E-state index contributed by atoms with van der Waals surface area (Å²) in [5, 5.41) is 2.99. The zero-order valence-electron chi connectivity index (χ0n) is 8.40. The highest BCUT2D eigenvalue weighted by molar-refractivity contribution is 5.91. The van der Waals surface area contributed by atoms with E-state index in [1.54, 1.807) is 6.92 Å². The smallest absolute Gasteiger partial charge is 0.316 e. The van der Waals surface area contributed by atoms with Gasteiger partial charge in [-0.2, -0.15) is 13.2 Å². The van der Waals surface area contributed by atoms with Crippen LogP contribution >= 0.6 is 0 Å². The van der Waals surface area contributed by atoms with E-state index in [1.807, 2.05) is 0 Å². The lowest BCUT2D eigenvalue weighted by Gasteiger charge is -2.24. The molecule has 0 radical (unpaired) electrons. The van der Waals surface area contributed by atoms with E-state index in [4.69, 9.17) is 0 Å². The number of carbonyl (C=O) groups is 1. The molecule has 86 valence electrons. The minimum Gasteiger partial charge on any atom is -0.316 e. The van der Waals surface area contributed by atoms with Gasteiger partial charge in [-0.3, -0.25) is 10.1 Å². The van der Waals surface area contributed by atoms with Crippen LogP contribution in [0.5, 0.6) is 0 Å². The molecule has 1 saturated carbocycles. The maximum atomic E-state index is 12.2. The van der Waals surface area contributed by atoms with Crippen molar-refractivity contribution in [3.05, 3.63) is 0 Å². The highest BCUT2D eigenvalue weighted by Gasteiger charge is 2.59. The van der Waals surface area contributed by atoms with Crippen molar-refractivity contribution >= 4 is 5.91 Å². The molecule has 1 N–H and O–H groups in total. The van der Waals surface area contributed by atoms with E-state index in [2.05, 4.69) is 5.32 Å². The molecule has 1 amide bonds. The molecule has 1 atom stereocenters. The number of nitrogens with one attached hydrogen (secondary N) is 1. The van der Waals surface area contributed by atoms with Crippen LogP contribution in [-0.4, -0.2) is 35.2 Å².